The highest BCUT2D eigenvalue weighted by Crippen LogP contribution is 2.15. The molecule has 10 heteroatoms. The third-order valence-corrected chi connectivity index (χ3v) is 5.00. The zero-order valence-electron chi connectivity index (χ0n) is 15.7. The van der Waals surface area contributed by atoms with Crippen LogP contribution in [0.3, 0.4) is 0 Å². The summed E-state index contributed by atoms with van der Waals surface area (Å²) in [6.07, 6.45) is 1.45. The lowest BCUT2D eigenvalue weighted by atomic mass is 10.2. The summed E-state index contributed by atoms with van der Waals surface area (Å²) in [4.78, 5) is 16.5. The molecule has 9 nitrogen and oxygen atoms in total. The number of hydrogen-bond acceptors (Lipinski definition) is 7. The molecule has 0 unspecified atom stereocenters. The van der Waals surface area contributed by atoms with Gasteiger partial charge in [-0.05, 0) is 24.3 Å². The van der Waals surface area contributed by atoms with Crippen LogP contribution in [0, 0.1) is 0 Å². The standard InChI is InChI=1S/C18H23N3O6S/c1-25-9-8-20-28(23,24)16-5-3-4-14(12-16)18(22)21-15-6-7-17(19-13-15)27-11-10-26-2/h3-7,12-13,20H,8-11H2,1-2H3,(H,21,22). The number of methoxy groups -OCH3 is 2. The number of nitrogens with one attached hydrogen (secondary N) is 2. The van der Waals surface area contributed by atoms with Crippen LogP contribution in [0.4, 0.5) is 5.69 Å². The van der Waals surface area contributed by atoms with E-state index in [1.807, 2.05) is 0 Å². The second kappa shape index (κ2) is 10.7. The average molecular weight is 409 g/mol. The van der Waals surface area contributed by atoms with E-state index in [2.05, 4.69) is 15.0 Å². The minimum atomic E-state index is -3.73. The molecule has 0 atom stereocenters. The molecule has 28 heavy (non-hydrogen) atoms. The maximum atomic E-state index is 12.4. The third-order valence-electron chi connectivity index (χ3n) is 3.54. The summed E-state index contributed by atoms with van der Waals surface area (Å²) in [6.45, 7) is 1.20. The Morgan fingerprint density at radius 1 is 1.07 bits per heavy atom. The molecule has 2 rings (SSSR count). The zero-order valence-corrected chi connectivity index (χ0v) is 16.5. The topological polar surface area (TPSA) is 116 Å². The number of amides is 1. The van der Waals surface area contributed by atoms with Crippen LogP contribution in [0.2, 0.25) is 0 Å². The minimum Gasteiger partial charge on any atom is -0.475 e. The number of hydrogen-bond donors (Lipinski definition) is 2. The fourth-order valence-electron chi connectivity index (χ4n) is 2.14. The number of aromatic nitrogens is 1. The first-order valence-corrected chi connectivity index (χ1v) is 9.92. The van der Waals surface area contributed by atoms with Gasteiger partial charge in [-0.15, -0.1) is 0 Å². The van der Waals surface area contributed by atoms with Crippen molar-refractivity contribution in [2.24, 2.45) is 0 Å². The zero-order chi connectivity index (χ0) is 20.4. The Balaban J connectivity index is 2.02. The first-order valence-electron chi connectivity index (χ1n) is 8.44. The summed E-state index contributed by atoms with van der Waals surface area (Å²) in [5.74, 6) is -0.0472. The van der Waals surface area contributed by atoms with Crippen molar-refractivity contribution in [2.75, 3.05) is 45.9 Å². The quantitative estimate of drug-likeness (QED) is 0.537. The number of benzene rings is 1. The van der Waals surface area contributed by atoms with E-state index in [1.165, 1.54) is 37.6 Å². The van der Waals surface area contributed by atoms with Gasteiger partial charge in [0.25, 0.3) is 5.91 Å². The summed E-state index contributed by atoms with van der Waals surface area (Å²) in [5.41, 5.74) is 0.658. The predicted molar refractivity (Wildman–Crippen MR) is 103 cm³/mol. The highest BCUT2D eigenvalue weighted by atomic mass is 32.2. The number of carbonyl (C=O) groups is 1. The Kier molecular flexibility index (Phi) is 8.33. The number of sulfonamides is 1. The van der Waals surface area contributed by atoms with Gasteiger partial charge in [-0.1, -0.05) is 6.07 Å². The molecule has 0 aliphatic rings. The number of carbonyl (C=O) groups excluding carboxylic acids is 1. The first-order chi connectivity index (χ1) is 13.5. The van der Waals surface area contributed by atoms with E-state index in [1.54, 1.807) is 19.2 Å². The van der Waals surface area contributed by atoms with Gasteiger partial charge in [-0.2, -0.15) is 0 Å². The lowest BCUT2D eigenvalue weighted by Gasteiger charge is -2.09. The van der Waals surface area contributed by atoms with E-state index in [-0.39, 0.29) is 23.6 Å². The van der Waals surface area contributed by atoms with Gasteiger partial charge in [0, 0.05) is 32.4 Å². The molecule has 2 aromatic rings. The van der Waals surface area contributed by atoms with Gasteiger partial charge in [-0.3, -0.25) is 4.79 Å². The molecule has 0 saturated heterocycles. The van der Waals surface area contributed by atoms with Crippen molar-refractivity contribution in [3.8, 4) is 5.88 Å². The Morgan fingerprint density at radius 2 is 1.86 bits per heavy atom. The normalized spacial score (nSPS) is 11.2. The van der Waals surface area contributed by atoms with Gasteiger partial charge >= 0.3 is 0 Å². The van der Waals surface area contributed by atoms with Crippen LogP contribution >= 0.6 is 0 Å². The maximum absolute atomic E-state index is 12.4. The lowest BCUT2D eigenvalue weighted by molar-refractivity contribution is 0.102. The minimum absolute atomic E-state index is 0.00345. The number of ether oxygens (including phenoxy) is 3. The van der Waals surface area contributed by atoms with Gasteiger partial charge in [-0.25, -0.2) is 18.1 Å². The second-order valence-corrected chi connectivity index (χ2v) is 7.37. The molecule has 0 bridgehead atoms. The molecule has 1 heterocycles. The SMILES string of the molecule is COCCNS(=O)(=O)c1cccc(C(=O)Nc2ccc(OCCOC)nc2)c1. The van der Waals surface area contributed by atoms with E-state index < -0.39 is 15.9 Å². The van der Waals surface area contributed by atoms with E-state index in [0.29, 0.717) is 24.8 Å². The summed E-state index contributed by atoms with van der Waals surface area (Å²) in [6, 6.07) is 9.01. The monoisotopic (exact) mass is 409 g/mol. The lowest BCUT2D eigenvalue weighted by Crippen LogP contribution is -2.27. The maximum Gasteiger partial charge on any atom is 0.255 e. The molecular weight excluding hydrogens is 386 g/mol. The van der Waals surface area contributed by atoms with Crippen LogP contribution in [-0.4, -0.2) is 59.9 Å². The van der Waals surface area contributed by atoms with Crippen molar-refractivity contribution in [3.05, 3.63) is 48.2 Å². The fourth-order valence-corrected chi connectivity index (χ4v) is 3.20. The third kappa shape index (κ3) is 6.57. The Labute approximate surface area is 164 Å². The highest BCUT2D eigenvalue weighted by Gasteiger charge is 2.16. The molecular formula is C18H23N3O6S. The Hall–Kier alpha value is -2.53. The molecule has 0 spiro atoms. The van der Waals surface area contributed by atoms with Crippen LogP contribution in [0.15, 0.2) is 47.5 Å². The van der Waals surface area contributed by atoms with Crippen LogP contribution in [-0.2, 0) is 19.5 Å². The van der Waals surface area contributed by atoms with Crippen LogP contribution in [0.1, 0.15) is 10.4 Å². The summed E-state index contributed by atoms with van der Waals surface area (Å²) in [5, 5.41) is 2.67. The number of rotatable bonds is 11. The smallest absolute Gasteiger partial charge is 0.255 e. The molecule has 2 N–H and O–H groups in total. The van der Waals surface area contributed by atoms with Crippen molar-refractivity contribution in [1.82, 2.24) is 9.71 Å². The fraction of sp³-hybridized carbons (Fsp3) is 0.333. The van der Waals surface area contributed by atoms with Crippen LogP contribution in [0.5, 0.6) is 5.88 Å². The summed E-state index contributed by atoms with van der Waals surface area (Å²) < 4.78 is 42.0. The molecule has 0 aliphatic heterocycles. The molecule has 0 fully saturated rings. The molecule has 152 valence electrons. The van der Waals surface area contributed by atoms with Gasteiger partial charge in [0.05, 0.1) is 30.0 Å². The van der Waals surface area contributed by atoms with E-state index in [4.69, 9.17) is 14.2 Å². The van der Waals surface area contributed by atoms with Crippen molar-refractivity contribution in [3.63, 3.8) is 0 Å². The molecule has 0 aliphatic carbocycles. The second-order valence-electron chi connectivity index (χ2n) is 5.60. The van der Waals surface area contributed by atoms with Gasteiger partial charge in [0.1, 0.15) is 6.61 Å². The van der Waals surface area contributed by atoms with Crippen molar-refractivity contribution >= 4 is 21.6 Å². The van der Waals surface area contributed by atoms with E-state index in [9.17, 15) is 13.2 Å². The number of nitrogens with zero attached hydrogens (tertiary/aromatic N) is 1. The van der Waals surface area contributed by atoms with Crippen LogP contribution in [0.25, 0.3) is 0 Å². The molecule has 1 aromatic carbocycles. The molecule has 1 aromatic heterocycles. The van der Waals surface area contributed by atoms with E-state index in [0.717, 1.165) is 0 Å². The molecule has 1 amide bonds. The van der Waals surface area contributed by atoms with E-state index >= 15 is 0 Å². The number of pyridine rings is 1. The molecule has 0 saturated carbocycles. The Morgan fingerprint density at radius 3 is 2.54 bits per heavy atom. The Bertz CT molecular complexity index is 871. The molecule has 0 radical (unpaired) electrons. The van der Waals surface area contributed by atoms with Crippen molar-refractivity contribution in [2.45, 2.75) is 4.90 Å². The van der Waals surface area contributed by atoms with Gasteiger partial charge in [0.15, 0.2) is 0 Å². The summed E-state index contributed by atoms with van der Waals surface area (Å²) >= 11 is 0. The van der Waals surface area contributed by atoms with Crippen molar-refractivity contribution in [1.29, 1.82) is 0 Å². The predicted octanol–water partition coefficient (Wildman–Crippen LogP) is 1.28. The van der Waals surface area contributed by atoms with Gasteiger partial charge in [0.2, 0.25) is 15.9 Å². The van der Waals surface area contributed by atoms with Crippen LogP contribution < -0.4 is 14.8 Å². The number of anilines is 1. The first kappa shape index (κ1) is 21.8. The largest absolute Gasteiger partial charge is 0.475 e. The van der Waals surface area contributed by atoms with Crippen molar-refractivity contribution < 1.29 is 27.4 Å². The average Bonchev–Trinajstić information content (AvgIpc) is 2.70. The van der Waals surface area contributed by atoms with Gasteiger partial charge < -0.3 is 19.5 Å². The summed E-state index contributed by atoms with van der Waals surface area (Å²) in [7, 11) is -0.674. The highest BCUT2D eigenvalue weighted by molar-refractivity contribution is 7.89.